The molecule has 0 saturated heterocycles. The van der Waals surface area contributed by atoms with Crippen molar-refractivity contribution in [2.45, 2.75) is 83.1 Å². The van der Waals surface area contributed by atoms with E-state index in [4.69, 9.17) is 18.9 Å². The summed E-state index contributed by atoms with van der Waals surface area (Å²) < 4.78 is 22.7. The fraction of sp³-hybridized carbons (Fsp3) is 0.500. The highest BCUT2D eigenvalue weighted by atomic mass is 16.6. The minimum Gasteiger partial charge on any atom is -0.426 e. The molecule has 0 fully saturated rings. The van der Waals surface area contributed by atoms with Gasteiger partial charge in [0.25, 0.3) is 0 Å². The maximum atomic E-state index is 13.0. The van der Waals surface area contributed by atoms with Crippen molar-refractivity contribution in [3.63, 3.8) is 0 Å². The molecule has 0 aliphatic carbocycles. The Morgan fingerprint density at radius 1 is 0.550 bits per heavy atom. The maximum Gasteiger partial charge on any atom is 0.316 e. The zero-order valence-electron chi connectivity index (χ0n) is 25.7. The predicted molar refractivity (Wildman–Crippen MR) is 151 cm³/mol. The smallest absolute Gasteiger partial charge is 0.316 e. The van der Waals surface area contributed by atoms with Crippen LogP contribution in [-0.2, 0) is 19.2 Å². The molecule has 0 amide bonds. The van der Waals surface area contributed by atoms with Gasteiger partial charge in [-0.05, 0) is 119 Å². The van der Waals surface area contributed by atoms with E-state index < -0.39 is 45.5 Å². The molecule has 2 rings (SSSR count). The topological polar surface area (TPSA) is 105 Å². The number of carbonyl (C=O) groups is 4. The Morgan fingerprint density at radius 3 is 1.32 bits per heavy atom. The van der Waals surface area contributed by atoms with Gasteiger partial charge in [0, 0.05) is 11.6 Å². The summed E-state index contributed by atoms with van der Waals surface area (Å²) in [4.78, 5) is 51.2. The van der Waals surface area contributed by atoms with E-state index in [1.807, 2.05) is 0 Å². The summed E-state index contributed by atoms with van der Waals surface area (Å²) in [6.07, 6.45) is 0. The molecule has 0 spiro atoms. The first-order valence-corrected chi connectivity index (χ1v) is 13.1. The first kappa shape index (κ1) is 32.5. The lowest BCUT2D eigenvalue weighted by Gasteiger charge is -2.22. The fourth-order valence-corrected chi connectivity index (χ4v) is 2.71. The average molecular weight is 554 g/mol. The number of esters is 4. The number of hydrogen-bond donors (Lipinski definition) is 0. The Bertz CT molecular complexity index is 1250. The van der Waals surface area contributed by atoms with Crippen LogP contribution in [0, 0.1) is 27.7 Å². The van der Waals surface area contributed by atoms with Crippen LogP contribution >= 0.6 is 0 Å². The lowest BCUT2D eigenvalue weighted by atomic mass is 9.96. The molecule has 40 heavy (non-hydrogen) atoms. The SMILES string of the molecule is CC(C)(C)C(=O)Oc1cc(OC(=O)C(C)(C)C)cc(-c2[c]ccc(OC(=O)C(C)(C)C)c2OC(=O)C(C)(C)C)c1. The summed E-state index contributed by atoms with van der Waals surface area (Å²) in [5.41, 5.74) is -2.74. The van der Waals surface area contributed by atoms with Crippen molar-refractivity contribution in [3.8, 4) is 34.1 Å². The molecule has 0 heterocycles. The summed E-state index contributed by atoms with van der Waals surface area (Å²) in [5.74, 6) is -1.95. The van der Waals surface area contributed by atoms with Gasteiger partial charge in [-0.1, -0.05) is 0 Å². The molecule has 0 saturated carbocycles. The van der Waals surface area contributed by atoms with Crippen molar-refractivity contribution < 1.29 is 38.1 Å². The van der Waals surface area contributed by atoms with E-state index in [1.54, 1.807) is 83.1 Å². The van der Waals surface area contributed by atoms with Gasteiger partial charge in [0.05, 0.1) is 21.7 Å². The molecule has 8 nitrogen and oxygen atoms in total. The van der Waals surface area contributed by atoms with E-state index in [0.29, 0.717) is 5.56 Å². The van der Waals surface area contributed by atoms with Gasteiger partial charge in [-0.2, -0.15) is 0 Å². The third-order valence-electron chi connectivity index (χ3n) is 5.35. The van der Waals surface area contributed by atoms with E-state index >= 15 is 0 Å². The summed E-state index contributed by atoms with van der Waals surface area (Å²) in [6.45, 7) is 20.5. The van der Waals surface area contributed by atoms with Crippen LogP contribution in [0.5, 0.6) is 23.0 Å². The van der Waals surface area contributed by atoms with Crippen molar-refractivity contribution >= 4 is 23.9 Å². The quantitative estimate of drug-likeness (QED) is 0.289. The molecule has 0 N–H and O–H groups in total. The summed E-state index contributed by atoms with van der Waals surface area (Å²) in [5, 5.41) is 0. The molecule has 0 aliphatic heterocycles. The van der Waals surface area contributed by atoms with Crippen LogP contribution in [0.4, 0.5) is 0 Å². The monoisotopic (exact) mass is 553 g/mol. The van der Waals surface area contributed by atoms with Crippen LogP contribution in [0.15, 0.2) is 30.3 Å². The number of rotatable bonds is 5. The van der Waals surface area contributed by atoms with Gasteiger partial charge in [0.2, 0.25) is 0 Å². The lowest BCUT2D eigenvalue weighted by Crippen LogP contribution is -2.28. The number of benzene rings is 2. The summed E-state index contributed by atoms with van der Waals surface area (Å²) in [7, 11) is 0. The highest BCUT2D eigenvalue weighted by Gasteiger charge is 2.31. The van der Waals surface area contributed by atoms with E-state index in [0.717, 1.165) is 0 Å². The second-order valence-electron chi connectivity index (χ2n) is 13.8. The van der Waals surface area contributed by atoms with Crippen LogP contribution in [0.1, 0.15) is 83.1 Å². The Morgan fingerprint density at radius 2 is 0.925 bits per heavy atom. The first-order valence-electron chi connectivity index (χ1n) is 13.1. The fourth-order valence-electron chi connectivity index (χ4n) is 2.71. The largest absolute Gasteiger partial charge is 0.426 e. The molecular formula is C32H41O8. The van der Waals surface area contributed by atoms with E-state index in [-0.39, 0.29) is 28.6 Å². The number of carbonyl (C=O) groups excluding carboxylic acids is 4. The third kappa shape index (κ3) is 8.66. The Hall–Kier alpha value is -3.68. The molecule has 2 aromatic carbocycles. The van der Waals surface area contributed by atoms with Gasteiger partial charge < -0.3 is 18.9 Å². The Balaban J connectivity index is 2.79. The molecule has 2 aromatic rings. The number of ether oxygens (including phenoxy) is 4. The number of hydrogen-bond acceptors (Lipinski definition) is 8. The molecule has 0 aromatic heterocycles. The Labute approximate surface area is 237 Å². The first-order chi connectivity index (χ1) is 18.0. The second-order valence-corrected chi connectivity index (χ2v) is 13.8. The highest BCUT2D eigenvalue weighted by Crippen LogP contribution is 2.42. The molecule has 0 aliphatic rings. The zero-order chi connectivity index (χ0) is 30.8. The molecule has 0 unspecified atom stereocenters. The van der Waals surface area contributed by atoms with Crippen LogP contribution in [0.2, 0.25) is 0 Å². The maximum absolute atomic E-state index is 13.0. The minimum absolute atomic E-state index is 0.0107. The lowest BCUT2D eigenvalue weighted by molar-refractivity contribution is -0.145. The van der Waals surface area contributed by atoms with E-state index in [9.17, 15) is 19.2 Å². The molecule has 217 valence electrons. The molecule has 0 atom stereocenters. The third-order valence-corrected chi connectivity index (χ3v) is 5.35. The van der Waals surface area contributed by atoms with Crippen molar-refractivity contribution in [1.29, 1.82) is 0 Å². The highest BCUT2D eigenvalue weighted by molar-refractivity contribution is 5.87. The Kier molecular flexibility index (Phi) is 9.30. The second kappa shape index (κ2) is 11.4. The van der Waals surface area contributed by atoms with Crippen LogP contribution in [0.3, 0.4) is 0 Å². The van der Waals surface area contributed by atoms with Crippen LogP contribution in [0.25, 0.3) is 11.1 Å². The van der Waals surface area contributed by atoms with Gasteiger partial charge in [0.15, 0.2) is 11.5 Å². The van der Waals surface area contributed by atoms with Gasteiger partial charge in [-0.15, -0.1) is 0 Å². The molecule has 8 heteroatoms. The van der Waals surface area contributed by atoms with Crippen LogP contribution < -0.4 is 18.9 Å². The van der Waals surface area contributed by atoms with Gasteiger partial charge in [-0.25, -0.2) is 0 Å². The van der Waals surface area contributed by atoms with Crippen molar-refractivity contribution in [3.05, 3.63) is 36.4 Å². The van der Waals surface area contributed by atoms with Crippen molar-refractivity contribution in [2.24, 2.45) is 21.7 Å². The summed E-state index contributed by atoms with van der Waals surface area (Å²) >= 11 is 0. The normalized spacial score (nSPS) is 12.4. The standard InChI is InChI=1S/C32H41O8/c1-29(2,3)25(33)37-20-16-19(17-21(18-20)38-26(34)30(4,5)6)22-14-13-15-23(39-27(35)31(7,8)9)24(22)40-28(36)32(10,11)12/h13,15-18H,1-12H3. The predicted octanol–water partition coefficient (Wildman–Crippen LogP) is 6.96. The molecular weight excluding hydrogens is 512 g/mol. The van der Waals surface area contributed by atoms with Crippen LogP contribution in [-0.4, -0.2) is 23.9 Å². The van der Waals surface area contributed by atoms with Gasteiger partial charge in [-0.3, -0.25) is 19.2 Å². The average Bonchev–Trinajstić information content (AvgIpc) is 2.77. The molecule has 1 radical (unpaired) electrons. The zero-order valence-corrected chi connectivity index (χ0v) is 25.7. The van der Waals surface area contributed by atoms with E-state index in [1.165, 1.54) is 30.3 Å². The van der Waals surface area contributed by atoms with E-state index in [2.05, 4.69) is 6.07 Å². The molecule has 0 bridgehead atoms. The van der Waals surface area contributed by atoms with Crippen molar-refractivity contribution in [2.75, 3.05) is 0 Å². The minimum atomic E-state index is -0.879. The van der Waals surface area contributed by atoms with Gasteiger partial charge >= 0.3 is 23.9 Å². The van der Waals surface area contributed by atoms with Gasteiger partial charge in [0.1, 0.15) is 11.5 Å². The van der Waals surface area contributed by atoms with Crippen molar-refractivity contribution in [1.82, 2.24) is 0 Å². The summed E-state index contributed by atoms with van der Waals surface area (Å²) in [6, 6.07) is 10.5.